The van der Waals surface area contributed by atoms with Gasteiger partial charge in [0.15, 0.2) is 0 Å². The van der Waals surface area contributed by atoms with Crippen molar-refractivity contribution < 1.29 is 4.79 Å². The van der Waals surface area contributed by atoms with Gasteiger partial charge >= 0.3 is 0 Å². The van der Waals surface area contributed by atoms with Gasteiger partial charge in [0.2, 0.25) is 3.79 Å². The number of nitrogens with zero attached hydrogens (tertiary/aromatic N) is 1. The van der Waals surface area contributed by atoms with Gasteiger partial charge in [-0.25, -0.2) is 0 Å². The van der Waals surface area contributed by atoms with Crippen LogP contribution in [-0.2, 0) is 4.79 Å². The summed E-state index contributed by atoms with van der Waals surface area (Å²) >= 11 is 3.86. The van der Waals surface area contributed by atoms with E-state index in [0.717, 1.165) is 3.70 Å². The van der Waals surface area contributed by atoms with E-state index >= 15 is 0 Å². The number of nitrogens with one attached hydrogen (secondary N) is 1. The Morgan fingerprint density at radius 2 is 1.88 bits per heavy atom. The first kappa shape index (κ1) is 16.5. The number of hydrogen-bond donors (Lipinski definition) is 1. The molecule has 5 heteroatoms. The van der Waals surface area contributed by atoms with Crippen molar-refractivity contribution in [1.29, 1.82) is 0 Å². The average molecular weight is 448 g/mol. The molecule has 0 saturated carbocycles. The second-order valence-corrected chi connectivity index (χ2v) is 6.47. The summed E-state index contributed by atoms with van der Waals surface area (Å²) in [6.07, 6.45) is 1.85. The number of halogens is 2. The van der Waals surface area contributed by atoms with E-state index in [1.807, 2.05) is 6.21 Å². The Hall–Kier alpha value is 0.500. The Bertz CT molecular complexity index is 320. The van der Waals surface area contributed by atoms with E-state index in [4.69, 9.17) is 0 Å². The highest BCUT2D eigenvalue weighted by molar-refractivity contribution is 14.1. The Morgan fingerprint density at radius 3 is 2.25 bits per heavy atom. The van der Waals surface area contributed by atoms with Gasteiger partial charge in [-0.15, -0.1) is 0 Å². The fourth-order valence-corrected chi connectivity index (χ4v) is 2.33. The number of rotatable bonds is 5. The van der Waals surface area contributed by atoms with Crippen LogP contribution in [0.25, 0.3) is 0 Å². The smallest absolute Gasteiger partial charge is 0.220 e. The molecule has 0 aliphatic heterocycles. The van der Waals surface area contributed by atoms with Crippen LogP contribution in [0.15, 0.2) is 14.3 Å². The molecular weight excluding hydrogens is 430 g/mol. The van der Waals surface area contributed by atoms with Gasteiger partial charge in [0.1, 0.15) is 3.70 Å². The molecule has 0 aromatic heterocycles. The van der Waals surface area contributed by atoms with Crippen LogP contribution in [0, 0.1) is 0 Å². The van der Waals surface area contributed by atoms with E-state index in [-0.39, 0.29) is 9.33 Å². The average Bonchev–Trinajstić information content (AvgIpc) is 2.10. The van der Waals surface area contributed by atoms with Crippen molar-refractivity contribution in [2.24, 2.45) is 4.99 Å². The Balaban J connectivity index is 4.72. The van der Waals surface area contributed by atoms with E-state index in [9.17, 15) is 4.79 Å². The SMILES string of the molecule is C/C(C(=O)I)=C(I)\N=C/C(C)(C)NC(C)C. The minimum atomic E-state index is -0.167. The molecular formula is C11H18I2N2O. The molecule has 0 fully saturated rings. The summed E-state index contributed by atoms with van der Waals surface area (Å²) in [6.45, 7) is 10.1. The molecule has 3 nitrogen and oxygen atoms in total. The van der Waals surface area contributed by atoms with Crippen LogP contribution in [0.1, 0.15) is 34.6 Å². The third-order valence-corrected chi connectivity index (χ3v) is 3.66. The van der Waals surface area contributed by atoms with E-state index in [1.54, 1.807) is 29.5 Å². The lowest BCUT2D eigenvalue weighted by molar-refractivity contribution is -0.106. The zero-order valence-corrected chi connectivity index (χ0v) is 14.6. The predicted molar refractivity (Wildman–Crippen MR) is 86.6 cm³/mol. The lowest BCUT2D eigenvalue weighted by atomic mass is 10.1. The summed E-state index contributed by atoms with van der Waals surface area (Å²) in [5.41, 5.74) is 0.525. The maximum Gasteiger partial charge on any atom is 0.220 e. The Morgan fingerprint density at radius 1 is 1.38 bits per heavy atom. The molecule has 0 aliphatic carbocycles. The predicted octanol–water partition coefficient (Wildman–Crippen LogP) is 3.46. The van der Waals surface area contributed by atoms with Crippen molar-refractivity contribution in [1.82, 2.24) is 5.32 Å². The standard InChI is InChI=1S/C11H18I2N2O/c1-7(2)15-11(4,5)6-14-9(12)8(3)10(13)16/h6-7,15H,1-5H3/b9-8+,14-6-. The molecule has 0 heterocycles. The lowest BCUT2D eigenvalue weighted by Crippen LogP contribution is -2.44. The van der Waals surface area contributed by atoms with Gasteiger partial charge in [0.05, 0.1) is 0 Å². The molecule has 0 aromatic rings. The van der Waals surface area contributed by atoms with E-state index in [1.165, 1.54) is 0 Å². The van der Waals surface area contributed by atoms with Gasteiger partial charge in [-0.3, -0.25) is 9.79 Å². The van der Waals surface area contributed by atoms with Crippen molar-refractivity contribution in [3.8, 4) is 0 Å². The lowest BCUT2D eigenvalue weighted by Gasteiger charge is -2.24. The quantitative estimate of drug-likeness (QED) is 0.230. The summed E-state index contributed by atoms with van der Waals surface area (Å²) in [6, 6.07) is 0.399. The van der Waals surface area contributed by atoms with E-state index in [0.29, 0.717) is 11.6 Å². The van der Waals surface area contributed by atoms with Crippen LogP contribution >= 0.6 is 45.2 Å². The van der Waals surface area contributed by atoms with E-state index in [2.05, 4.69) is 60.6 Å². The number of carbonyl (C=O) groups excluding carboxylic acids is 1. The maximum atomic E-state index is 11.1. The number of carbonyl (C=O) groups is 1. The summed E-state index contributed by atoms with van der Waals surface area (Å²) in [4.78, 5) is 15.4. The van der Waals surface area contributed by atoms with Crippen LogP contribution in [-0.4, -0.2) is 21.6 Å². The highest BCUT2D eigenvalue weighted by Crippen LogP contribution is 2.17. The van der Waals surface area contributed by atoms with Crippen LogP contribution in [0.3, 0.4) is 0 Å². The molecule has 0 amide bonds. The molecule has 0 bridgehead atoms. The molecule has 0 unspecified atom stereocenters. The van der Waals surface area contributed by atoms with Gasteiger partial charge in [-0.05, 0) is 43.4 Å². The topological polar surface area (TPSA) is 41.5 Å². The zero-order valence-electron chi connectivity index (χ0n) is 10.3. The molecule has 0 radical (unpaired) electrons. The molecule has 0 spiro atoms. The van der Waals surface area contributed by atoms with Gasteiger partial charge < -0.3 is 5.32 Å². The fourth-order valence-electron chi connectivity index (χ4n) is 1.18. The Labute approximate surface area is 125 Å². The van der Waals surface area contributed by atoms with Crippen molar-refractivity contribution >= 4 is 55.2 Å². The number of hydrogen-bond acceptors (Lipinski definition) is 3. The van der Waals surface area contributed by atoms with Crippen LogP contribution in [0.4, 0.5) is 0 Å². The van der Waals surface area contributed by atoms with Crippen molar-refractivity contribution in [2.45, 2.75) is 46.2 Å². The van der Waals surface area contributed by atoms with Crippen LogP contribution < -0.4 is 5.32 Å². The molecule has 0 saturated heterocycles. The summed E-state index contributed by atoms with van der Waals surface area (Å²) in [5.74, 6) is 0. The number of allylic oxidation sites excluding steroid dienone is 1. The Kier molecular flexibility index (Phi) is 7.27. The number of aliphatic imine (C=N–C) groups is 1. The highest BCUT2D eigenvalue weighted by Gasteiger charge is 2.15. The molecule has 92 valence electrons. The first-order chi connectivity index (χ1) is 7.15. The molecule has 16 heavy (non-hydrogen) atoms. The van der Waals surface area contributed by atoms with Crippen molar-refractivity contribution in [3.05, 3.63) is 9.28 Å². The monoisotopic (exact) mass is 448 g/mol. The third-order valence-electron chi connectivity index (χ3n) is 1.77. The molecule has 0 atom stereocenters. The van der Waals surface area contributed by atoms with Crippen LogP contribution in [0.2, 0.25) is 0 Å². The maximum absolute atomic E-state index is 11.1. The molecule has 0 aromatic carbocycles. The summed E-state index contributed by atoms with van der Waals surface area (Å²) in [7, 11) is 0. The third kappa shape index (κ3) is 6.95. The van der Waals surface area contributed by atoms with Crippen molar-refractivity contribution in [3.63, 3.8) is 0 Å². The second-order valence-electron chi connectivity index (χ2n) is 4.47. The summed E-state index contributed by atoms with van der Waals surface area (Å²) in [5, 5.41) is 3.38. The van der Waals surface area contributed by atoms with Crippen molar-refractivity contribution in [2.75, 3.05) is 0 Å². The van der Waals surface area contributed by atoms with Gasteiger partial charge in [0.25, 0.3) is 0 Å². The minimum absolute atomic E-state index is 0.0359. The van der Waals surface area contributed by atoms with Gasteiger partial charge in [-0.2, -0.15) is 0 Å². The molecule has 0 aliphatic rings. The largest absolute Gasteiger partial charge is 0.305 e. The molecule has 1 N–H and O–H groups in total. The first-order valence-corrected chi connectivity index (χ1v) is 7.20. The first-order valence-electron chi connectivity index (χ1n) is 5.05. The zero-order chi connectivity index (χ0) is 12.9. The normalized spacial score (nSPS) is 14.5. The van der Waals surface area contributed by atoms with Gasteiger partial charge in [-0.1, -0.05) is 13.8 Å². The van der Waals surface area contributed by atoms with E-state index < -0.39 is 0 Å². The van der Waals surface area contributed by atoms with Gasteiger partial charge in [0, 0.05) is 46.0 Å². The minimum Gasteiger partial charge on any atom is -0.305 e. The highest BCUT2D eigenvalue weighted by atomic mass is 127. The fraction of sp³-hybridized carbons (Fsp3) is 0.636. The molecule has 0 rings (SSSR count). The summed E-state index contributed by atoms with van der Waals surface area (Å²) < 4.78 is 0.782. The second kappa shape index (κ2) is 7.05. The van der Waals surface area contributed by atoms with Crippen LogP contribution in [0.5, 0.6) is 0 Å².